The van der Waals surface area contributed by atoms with Crippen LogP contribution in [0.15, 0.2) is 67.0 Å². The first-order valence-electron chi connectivity index (χ1n) is 9.73. The van der Waals surface area contributed by atoms with Crippen LogP contribution >= 0.6 is 0 Å². The number of nitrogens with zero attached hydrogens (tertiary/aromatic N) is 2. The lowest BCUT2D eigenvalue weighted by atomic mass is 9.59. The number of aromatic nitrogens is 2. The topological polar surface area (TPSA) is 46.9 Å². The minimum atomic E-state index is 0.105. The van der Waals surface area contributed by atoms with Crippen LogP contribution in [0.4, 0.5) is 0 Å². The molecule has 0 aliphatic heterocycles. The van der Waals surface area contributed by atoms with Crippen LogP contribution in [0.5, 0.6) is 0 Å². The number of hydrogen-bond acceptors (Lipinski definition) is 2. The number of carbonyl (C=O) groups excluding carboxylic acids is 1. The van der Waals surface area contributed by atoms with Gasteiger partial charge in [0.1, 0.15) is 0 Å². The van der Waals surface area contributed by atoms with Crippen LogP contribution in [0.25, 0.3) is 0 Å². The van der Waals surface area contributed by atoms with Gasteiger partial charge in [0.05, 0.1) is 0 Å². The molecule has 0 saturated carbocycles. The quantitative estimate of drug-likeness (QED) is 0.757. The van der Waals surface area contributed by atoms with Gasteiger partial charge in [-0.3, -0.25) is 9.48 Å². The molecule has 1 amide bonds. The van der Waals surface area contributed by atoms with Crippen LogP contribution in [0.3, 0.4) is 0 Å². The van der Waals surface area contributed by atoms with E-state index in [0.717, 1.165) is 13.0 Å². The summed E-state index contributed by atoms with van der Waals surface area (Å²) in [5, 5.41) is 7.34. The van der Waals surface area contributed by atoms with Crippen molar-refractivity contribution in [2.45, 2.75) is 31.2 Å². The number of fused-ring (bicyclic) bond motifs is 1. The van der Waals surface area contributed by atoms with Crippen molar-refractivity contribution in [1.82, 2.24) is 15.1 Å². The molecule has 136 valence electrons. The molecular weight excluding hydrogens is 334 g/mol. The third kappa shape index (κ3) is 2.85. The molecule has 0 radical (unpaired) electrons. The fourth-order valence-electron chi connectivity index (χ4n) is 4.94. The first-order valence-corrected chi connectivity index (χ1v) is 9.73. The van der Waals surface area contributed by atoms with Gasteiger partial charge in [-0.25, -0.2) is 0 Å². The summed E-state index contributed by atoms with van der Waals surface area (Å²) in [5.74, 6) is 1.39. The Bertz CT molecular complexity index is 916. The fraction of sp³-hybridized carbons (Fsp3) is 0.304. The Kier molecular flexibility index (Phi) is 4.04. The van der Waals surface area contributed by atoms with E-state index < -0.39 is 0 Å². The number of carbonyl (C=O) groups is 1. The predicted octanol–water partition coefficient (Wildman–Crippen LogP) is 3.69. The van der Waals surface area contributed by atoms with Gasteiger partial charge < -0.3 is 5.32 Å². The second-order valence-corrected chi connectivity index (χ2v) is 7.61. The number of nitrogens with one attached hydrogen (secondary N) is 1. The van der Waals surface area contributed by atoms with Gasteiger partial charge in [0.2, 0.25) is 5.91 Å². The lowest BCUT2D eigenvalue weighted by Crippen LogP contribution is -2.39. The zero-order chi connectivity index (χ0) is 18.2. The highest BCUT2D eigenvalue weighted by atomic mass is 16.1. The van der Waals surface area contributed by atoms with Crippen molar-refractivity contribution in [2.75, 3.05) is 6.54 Å². The molecular formula is C23H23N3O. The zero-order valence-electron chi connectivity index (χ0n) is 15.2. The van der Waals surface area contributed by atoms with Gasteiger partial charge >= 0.3 is 0 Å². The maximum atomic E-state index is 12.3. The molecule has 2 aromatic carbocycles. The highest BCUT2D eigenvalue weighted by molar-refractivity contribution is 5.75. The van der Waals surface area contributed by atoms with E-state index in [1.807, 2.05) is 12.3 Å². The zero-order valence-corrected chi connectivity index (χ0v) is 15.2. The van der Waals surface area contributed by atoms with Crippen LogP contribution < -0.4 is 5.32 Å². The number of benzene rings is 2. The van der Waals surface area contributed by atoms with E-state index in [9.17, 15) is 4.79 Å². The van der Waals surface area contributed by atoms with Crippen molar-refractivity contribution in [3.63, 3.8) is 0 Å². The van der Waals surface area contributed by atoms with Crippen LogP contribution in [0.2, 0.25) is 0 Å². The van der Waals surface area contributed by atoms with E-state index in [0.29, 0.717) is 30.7 Å². The Morgan fingerprint density at radius 2 is 1.67 bits per heavy atom. The third-order valence-corrected chi connectivity index (χ3v) is 6.11. The van der Waals surface area contributed by atoms with Gasteiger partial charge in [-0.05, 0) is 40.7 Å². The Balaban J connectivity index is 1.32. The summed E-state index contributed by atoms with van der Waals surface area (Å²) in [6.07, 6.45) is 5.21. The van der Waals surface area contributed by atoms with Gasteiger partial charge in [-0.15, -0.1) is 0 Å². The Morgan fingerprint density at radius 1 is 1.00 bits per heavy atom. The fourth-order valence-corrected chi connectivity index (χ4v) is 4.94. The number of aryl methyl sites for hydroxylation is 1. The summed E-state index contributed by atoms with van der Waals surface area (Å²) >= 11 is 0. The third-order valence-electron chi connectivity index (χ3n) is 6.11. The summed E-state index contributed by atoms with van der Waals surface area (Å²) in [6, 6.07) is 19.6. The summed E-state index contributed by atoms with van der Waals surface area (Å²) in [4.78, 5) is 12.3. The highest BCUT2D eigenvalue weighted by Gasteiger charge is 2.42. The summed E-state index contributed by atoms with van der Waals surface area (Å²) in [6.45, 7) is 1.36. The number of amides is 1. The van der Waals surface area contributed by atoms with Crippen molar-refractivity contribution >= 4 is 5.91 Å². The lowest BCUT2D eigenvalue weighted by Gasteiger charge is -2.45. The molecule has 0 unspecified atom stereocenters. The maximum Gasteiger partial charge on any atom is 0.221 e. The standard InChI is InChI=1S/C23H23N3O/c27-22(10-13-26-12-5-11-25-26)24-15-16-14-21-17-6-1-3-8-19(17)23(16)20-9-4-2-7-18(20)21/h1-9,11-12,16,21,23H,10,13-15H2,(H,24,27)/t16-,21?,23?/m1/s1. The SMILES string of the molecule is O=C(CCn1cccn1)NC[C@H]1CC2c3ccccc3C1c1ccccc12. The van der Waals surface area contributed by atoms with Gasteiger partial charge in [0, 0.05) is 43.7 Å². The van der Waals surface area contributed by atoms with Crippen molar-refractivity contribution in [2.24, 2.45) is 5.92 Å². The van der Waals surface area contributed by atoms with Gasteiger partial charge in [-0.2, -0.15) is 5.10 Å². The normalized spacial score (nSPS) is 22.1. The first-order chi connectivity index (χ1) is 13.3. The average Bonchev–Trinajstić information content (AvgIpc) is 3.24. The van der Waals surface area contributed by atoms with Gasteiger partial charge in [-0.1, -0.05) is 48.5 Å². The van der Waals surface area contributed by atoms with Crippen molar-refractivity contribution in [3.05, 3.63) is 89.2 Å². The first kappa shape index (κ1) is 16.3. The van der Waals surface area contributed by atoms with Crippen molar-refractivity contribution < 1.29 is 4.79 Å². The smallest absolute Gasteiger partial charge is 0.221 e. The molecule has 1 atom stereocenters. The molecule has 0 spiro atoms. The molecule has 0 fully saturated rings. The van der Waals surface area contributed by atoms with Crippen LogP contribution in [-0.4, -0.2) is 22.2 Å². The summed E-state index contributed by atoms with van der Waals surface area (Å²) in [5.41, 5.74) is 5.84. The van der Waals surface area contributed by atoms with E-state index in [-0.39, 0.29) is 5.91 Å². The molecule has 3 aromatic rings. The number of rotatable bonds is 5. The summed E-state index contributed by atoms with van der Waals surface area (Å²) < 4.78 is 1.80. The molecule has 0 saturated heterocycles. The molecule has 3 aliphatic carbocycles. The molecule has 27 heavy (non-hydrogen) atoms. The molecule has 1 heterocycles. The number of hydrogen-bond donors (Lipinski definition) is 1. The van der Waals surface area contributed by atoms with Crippen molar-refractivity contribution in [1.29, 1.82) is 0 Å². The van der Waals surface area contributed by atoms with Crippen LogP contribution in [-0.2, 0) is 11.3 Å². The Morgan fingerprint density at radius 3 is 2.30 bits per heavy atom. The maximum absolute atomic E-state index is 12.3. The predicted molar refractivity (Wildman–Crippen MR) is 105 cm³/mol. The molecule has 6 rings (SSSR count). The lowest BCUT2D eigenvalue weighted by molar-refractivity contribution is -0.121. The molecule has 1 aromatic heterocycles. The molecule has 3 aliphatic rings. The van der Waals surface area contributed by atoms with E-state index in [2.05, 4.69) is 58.9 Å². The largest absolute Gasteiger partial charge is 0.356 e. The van der Waals surface area contributed by atoms with Gasteiger partial charge in [0.15, 0.2) is 0 Å². The monoisotopic (exact) mass is 357 g/mol. The molecule has 2 bridgehead atoms. The van der Waals surface area contributed by atoms with Crippen LogP contribution in [0, 0.1) is 5.92 Å². The molecule has 4 heteroatoms. The Hall–Kier alpha value is -2.88. The molecule has 4 nitrogen and oxygen atoms in total. The minimum Gasteiger partial charge on any atom is -0.356 e. The average molecular weight is 357 g/mol. The Labute approximate surface area is 159 Å². The summed E-state index contributed by atoms with van der Waals surface area (Å²) in [7, 11) is 0. The van der Waals surface area contributed by atoms with Gasteiger partial charge in [0.25, 0.3) is 0 Å². The highest BCUT2D eigenvalue weighted by Crippen LogP contribution is 2.55. The van der Waals surface area contributed by atoms with E-state index in [4.69, 9.17) is 0 Å². The molecule has 1 N–H and O–H groups in total. The second-order valence-electron chi connectivity index (χ2n) is 7.61. The van der Waals surface area contributed by atoms with Crippen molar-refractivity contribution in [3.8, 4) is 0 Å². The van der Waals surface area contributed by atoms with E-state index >= 15 is 0 Å². The van der Waals surface area contributed by atoms with Crippen LogP contribution in [0.1, 0.15) is 46.9 Å². The second kappa shape index (κ2) is 6.69. The minimum absolute atomic E-state index is 0.105. The van der Waals surface area contributed by atoms with E-state index in [1.165, 1.54) is 22.3 Å². The van der Waals surface area contributed by atoms with E-state index in [1.54, 1.807) is 10.9 Å².